The lowest BCUT2D eigenvalue weighted by Crippen LogP contribution is -2.38. The van der Waals surface area contributed by atoms with Crippen molar-refractivity contribution in [3.8, 4) is 17.1 Å². The van der Waals surface area contributed by atoms with Crippen LogP contribution in [0.25, 0.3) is 28.0 Å². The van der Waals surface area contributed by atoms with Gasteiger partial charge in [0.05, 0.1) is 11.1 Å². The van der Waals surface area contributed by atoms with Crippen LogP contribution in [0.4, 0.5) is 0 Å². The van der Waals surface area contributed by atoms with E-state index >= 15 is 0 Å². The van der Waals surface area contributed by atoms with Gasteiger partial charge in [0.2, 0.25) is 0 Å². The Morgan fingerprint density at radius 3 is 2.43 bits per heavy atom. The van der Waals surface area contributed by atoms with Crippen molar-refractivity contribution in [2.45, 2.75) is 39.7 Å². The van der Waals surface area contributed by atoms with Crippen LogP contribution < -0.4 is 11.2 Å². The molecule has 0 radical (unpaired) electrons. The molecule has 4 rings (SSSR count). The van der Waals surface area contributed by atoms with Gasteiger partial charge in [-0.1, -0.05) is 50.6 Å². The van der Waals surface area contributed by atoms with Gasteiger partial charge in [0, 0.05) is 12.2 Å². The zero-order valence-electron chi connectivity index (χ0n) is 16.2. The van der Waals surface area contributed by atoms with Gasteiger partial charge in [0.1, 0.15) is 0 Å². The number of para-hydroxylation sites is 1. The van der Waals surface area contributed by atoms with Gasteiger partial charge in [-0.2, -0.15) is 4.98 Å². The van der Waals surface area contributed by atoms with Crippen LogP contribution in [-0.4, -0.2) is 14.1 Å². The molecule has 0 N–H and O–H groups in total. The number of nitrogens with zero attached hydrogens (tertiary/aromatic N) is 3. The number of benzene rings is 2. The zero-order chi connectivity index (χ0) is 19.7. The van der Waals surface area contributed by atoms with Crippen molar-refractivity contribution < 1.29 is 0 Å². The molecule has 5 heteroatoms. The monoisotopic (exact) mass is 373 g/mol. The molecule has 0 aromatic heterocycles. The molecule has 0 saturated carbocycles. The summed E-state index contributed by atoms with van der Waals surface area (Å²) in [6, 6.07) is 17.9. The highest BCUT2D eigenvalue weighted by Gasteiger charge is 2.20. The fraction of sp³-hybridized carbons (Fsp3) is 0.261. The van der Waals surface area contributed by atoms with E-state index in [2.05, 4.69) is 24.0 Å². The van der Waals surface area contributed by atoms with E-state index < -0.39 is 5.69 Å². The Balaban J connectivity index is 2.08. The number of rotatable bonds is 5. The Hall–Kier alpha value is -3.21. The average molecular weight is 373 g/mol. The third-order valence-electron chi connectivity index (χ3n) is 5.18. The quantitative estimate of drug-likeness (QED) is 0.497. The molecule has 2 heterocycles. The molecular weight excluding hydrogens is 350 g/mol. The fourth-order valence-electron chi connectivity index (χ4n) is 3.57. The Bertz CT molecular complexity index is 1220. The third kappa shape index (κ3) is 3.03. The molecule has 28 heavy (non-hydrogen) atoms. The lowest BCUT2D eigenvalue weighted by atomic mass is 10.1. The van der Waals surface area contributed by atoms with Crippen LogP contribution >= 0.6 is 0 Å². The molecule has 0 fully saturated rings. The van der Waals surface area contributed by atoms with Crippen LogP contribution in [0, 0.1) is 0 Å². The second-order valence-corrected chi connectivity index (χ2v) is 7.00. The minimum Gasteiger partial charge on any atom is -0.294 e. The van der Waals surface area contributed by atoms with Crippen molar-refractivity contribution >= 4 is 10.9 Å². The maximum absolute atomic E-state index is 13.1. The first-order chi connectivity index (χ1) is 13.6. The molecule has 2 aliphatic rings. The Morgan fingerprint density at radius 1 is 0.964 bits per heavy atom. The highest BCUT2D eigenvalue weighted by molar-refractivity contribution is 5.87. The van der Waals surface area contributed by atoms with Crippen LogP contribution in [0.15, 0.2) is 64.2 Å². The number of pyridine rings is 1. The van der Waals surface area contributed by atoms with E-state index in [1.165, 1.54) is 10.1 Å². The van der Waals surface area contributed by atoms with Gasteiger partial charge in [-0.05, 0) is 48.1 Å². The van der Waals surface area contributed by atoms with Gasteiger partial charge in [0.25, 0.3) is 5.56 Å². The van der Waals surface area contributed by atoms with E-state index in [-0.39, 0.29) is 5.56 Å². The second-order valence-electron chi connectivity index (χ2n) is 7.00. The van der Waals surface area contributed by atoms with Crippen LogP contribution in [-0.2, 0) is 13.0 Å². The first kappa shape index (κ1) is 18.2. The minimum absolute atomic E-state index is 0.270. The molecule has 2 aliphatic heterocycles. The number of unbranched alkanes of at least 4 members (excludes halogenated alkanes) is 1. The topological polar surface area (TPSA) is 56.9 Å². The number of fused-ring (bicyclic) bond motifs is 2. The summed E-state index contributed by atoms with van der Waals surface area (Å²) in [6.07, 6.45) is 2.63. The summed E-state index contributed by atoms with van der Waals surface area (Å²) in [6.45, 7) is 4.54. The maximum atomic E-state index is 13.1. The van der Waals surface area contributed by atoms with Gasteiger partial charge in [-0.15, -0.1) is 0 Å². The molecule has 142 valence electrons. The molecule has 0 unspecified atom stereocenters. The van der Waals surface area contributed by atoms with Gasteiger partial charge >= 0.3 is 5.69 Å². The molecule has 0 amide bonds. The zero-order valence-corrected chi connectivity index (χ0v) is 16.2. The largest absolute Gasteiger partial charge is 0.352 e. The second kappa shape index (κ2) is 7.43. The van der Waals surface area contributed by atoms with Crippen molar-refractivity contribution in [3.05, 3.63) is 81.0 Å². The van der Waals surface area contributed by atoms with Crippen molar-refractivity contribution in [3.63, 3.8) is 0 Å². The van der Waals surface area contributed by atoms with Crippen molar-refractivity contribution in [2.75, 3.05) is 0 Å². The summed E-state index contributed by atoms with van der Waals surface area (Å²) >= 11 is 0. The Labute approximate surface area is 163 Å². The van der Waals surface area contributed by atoms with Crippen LogP contribution in [0.2, 0.25) is 0 Å². The van der Waals surface area contributed by atoms with Gasteiger partial charge < -0.3 is 0 Å². The molecule has 0 aliphatic carbocycles. The molecule has 0 atom stereocenters. The standard InChI is InChI=1S/C23H23N3O2/c1-3-5-14-25-22(27)19-15-17-8-6-7-9-20(17)26(21(19)24-23(25)28)18-12-10-16(4-2)11-13-18/h6-13,15H,3-5,14H2,1-2H3. The SMILES string of the molecule is CCCCn1c(=O)nc2n(-c3ccc(CC)cc3)c3ccccc3cc-2c1=O. The number of aromatic nitrogens is 3. The Kier molecular flexibility index (Phi) is 4.82. The fourth-order valence-corrected chi connectivity index (χ4v) is 3.57. The van der Waals surface area contributed by atoms with Crippen LogP contribution in [0.1, 0.15) is 32.3 Å². The summed E-state index contributed by atoms with van der Waals surface area (Å²) in [5.41, 5.74) is 2.74. The molecule has 5 nitrogen and oxygen atoms in total. The summed E-state index contributed by atoms with van der Waals surface area (Å²) in [5, 5.41) is 0.939. The first-order valence-corrected chi connectivity index (χ1v) is 9.78. The highest BCUT2D eigenvalue weighted by Crippen LogP contribution is 2.27. The summed E-state index contributed by atoms with van der Waals surface area (Å²) in [5.74, 6) is 0.408. The molecule has 0 spiro atoms. The number of hydrogen-bond donors (Lipinski definition) is 0. The molecule has 2 aromatic carbocycles. The van der Waals surface area contributed by atoms with E-state index in [0.29, 0.717) is 17.9 Å². The summed E-state index contributed by atoms with van der Waals surface area (Å²) < 4.78 is 3.17. The number of hydrogen-bond acceptors (Lipinski definition) is 3. The van der Waals surface area contributed by atoms with E-state index in [1.807, 2.05) is 54.0 Å². The third-order valence-corrected chi connectivity index (χ3v) is 5.18. The lowest BCUT2D eigenvalue weighted by Gasteiger charge is -2.19. The summed E-state index contributed by atoms with van der Waals surface area (Å²) in [4.78, 5) is 30.0. The van der Waals surface area contributed by atoms with E-state index in [0.717, 1.165) is 35.9 Å². The maximum Gasteiger partial charge on any atom is 0.352 e. The van der Waals surface area contributed by atoms with Crippen molar-refractivity contribution in [2.24, 2.45) is 0 Å². The van der Waals surface area contributed by atoms with E-state index in [9.17, 15) is 9.59 Å². The number of aryl methyl sites for hydroxylation is 1. The van der Waals surface area contributed by atoms with Gasteiger partial charge in [0.15, 0.2) is 5.82 Å². The predicted molar refractivity (Wildman–Crippen MR) is 113 cm³/mol. The minimum atomic E-state index is -0.486. The predicted octanol–water partition coefficient (Wildman–Crippen LogP) is 4.01. The van der Waals surface area contributed by atoms with Crippen LogP contribution in [0.3, 0.4) is 0 Å². The summed E-state index contributed by atoms with van der Waals surface area (Å²) in [7, 11) is 0. The highest BCUT2D eigenvalue weighted by atomic mass is 16.2. The normalized spacial score (nSPS) is 11.4. The van der Waals surface area contributed by atoms with E-state index in [4.69, 9.17) is 0 Å². The molecule has 0 saturated heterocycles. The molecule has 2 aromatic rings. The average Bonchev–Trinajstić information content (AvgIpc) is 2.72. The van der Waals surface area contributed by atoms with Crippen LogP contribution in [0.5, 0.6) is 0 Å². The Morgan fingerprint density at radius 2 is 1.71 bits per heavy atom. The lowest BCUT2D eigenvalue weighted by molar-refractivity contribution is 0.582. The van der Waals surface area contributed by atoms with E-state index in [1.54, 1.807) is 0 Å². The van der Waals surface area contributed by atoms with Gasteiger partial charge in [-0.25, -0.2) is 4.79 Å². The molecular formula is C23H23N3O2. The first-order valence-electron chi connectivity index (χ1n) is 9.78. The smallest absolute Gasteiger partial charge is 0.294 e. The van der Waals surface area contributed by atoms with Gasteiger partial charge in [-0.3, -0.25) is 13.9 Å². The molecule has 0 bridgehead atoms. The van der Waals surface area contributed by atoms with Crippen molar-refractivity contribution in [1.82, 2.24) is 14.1 Å². The van der Waals surface area contributed by atoms with Crippen molar-refractivity contribution in [1.29, 1.82) is 0 Å².